The first kappa shape index (κ1) is 8.22. The molecule has 0 bridgehead atoms. The summed E-state index contributed by atoms with van der Waals surface area (Å²) in [5.41, 5.74) is 1.42. The van der Waals surface area contributed by atoms with Gasteiger partial charge in [0.25, 0.3) is 0 Å². The van der Waals surface area contributed by atoms with Crippen LogP contribution < -0.4 is 0 Å². The number of hydrogen-bond acceptors (Lipinski definition) is 4. The van der Waals surface area contributed by atoms with Crippen molar-refractivity contribution in [3.63, 3.8) is 0 Å². The second-order valence-corrected chi connectivity index (χ2v) is 2.84. The summed E-state index contributed by atoms with van der Waals surface area (Å²) in [6, 6.07) is 4.74. The molecule has 1 atom stereocenters. The SMILES string of the molecule is O=C1OC(O)c2ccc(CO)cc21. The molecule has 1 aliphatic rings. The van der Waals surface area contributed by atoms with E-state index in [4.69, 9.17) is 5.11 Å². The molecule has 0 amide bonds. The van der Waals surface area contributed by atoms with E-state index >= 15 is 0 Å². The first-order valence-corrected chi connectivity index (χ1v) is 3.85. The molecule has 1 aliphatic heterocycles. The Morgan fingerprint density at radius 2 is 2.23 bits per heavy atom. The Balaban J connectivity index is 2.52. The van der Waals surface area contributed by atoms with E-state index in [9.17, 15) is 9.90 Å². The molecule has 0 aliphatic carbocycles. The van der Waals surface area contributed by atoms with Crippen molar-refractivity contribution in [2.75, 3.05) is 0 Å². The van der Waals surface area contributed by atoms with Gasteiger partial charge in [-0.05, 0) is 11.6 Å². The fourth-order valence-corrected chi connectivity index (χ4v) is 1.32. The van der Waals surface area contributed by atoms with E-state index in [2.05, 4.69) is 4.74 Å². The molecule has 68 valence electrons. The number of ether oxygens (including phenoxy) is 1. The smallest absolute Gasteiger partial charge is 0.341 e. The van der Waals surface area contributed by atoms with Gasteiger partial charge in [0.05, 0.1) is 12.2 Å². The molecule has 0 fully saturated rings. The first-order chi connectivity index (χ1) is 6.22. The van der Waals surface area contributed by atoms with Crippen molar-refractivity contribution in [2.45, 2.75) is 12.9 Å². The van der Waals surface area contributed by atoms with Gasteiger partial charge in [0.2, 0.25) is 6.29 Å². The van der Waals surface area contributed by atoms with E-state index in [0.29, 0.717) is 16.7 Å². The van der Waals surface area contributed by atoms with Crippen molar-refractivity contribution < 1.29 is 19.7 Å². The second-order valence-electron chi connectivity index (χ2n) is 2.84. The maximum Gasteiger partial charge on any atom is 0.341 e. The summed E-state index contributed by atoms with van der Waals surface area (Å²) in [5.74, 6) is -0.544. The number of esters is 1. The molecular weight excluding hydrogens is 172 g/mol. The Bertz CT molecular complexity index is 359. The van der Waals surface area contributed by atoms with Crippen LogP contribution in [0.2, 0.25) is 0 Å². The standard InChI is InChI=1S/C9H8O4/c10-4-5-1-2-6-7(3-5)9(12)13-8(6)11/h1-3,8,10-11H,4H2. The molecule has 1 aromatic carbocycles. The van der Waals surface area contributed by atoms with Gasteiger partial charge in [0, 0.05) is 5.56 Å². The van der Waals surface area contributed by atoms with Crippen LogP contribution in [0.4, 0.5) is 0 Å². The van der Waals surface area contributed by atoms with Crippen LogP contribution in [-0.4, -0.2) is 16.2 Å². The molecule has 0 spiro atoms. The summed E-state index contributed by atoms with van der Waals surface area (Å²) < 4.78 is 4.57. The van der Waals surface area contributed by atoms with Gasteiger partial charge in [0.15, 0.2) is 0 Å². The van der Waals surface area contributed by atoms with Crippen LogP contribution in [0, 0.1) is 0 Å². The zero-order valence-corrected chi connectivity index (χ0v) is 6.73. The molecule has 4 nitrogen and oxygen atoms in total. The van der Waals surface area contributed by atoms with Crippen molar-refractivity contribution >= 4 is 5.97 Å². The number of aliphatic hydroxyl groups is 2. The molecule has 0 saturated carbocycles. The highest BCUT2D eigenvalue weighted by Crippen LogP contribution is 2.28. The summed E-state index contributed by atoms with van der Waals surface area (Å²) in [7, 11) is 0. The van der Waals surface area contributed by atoms with E-state index in [1.54, 1.807) is 12.1 Å². The van der Waals surface area contributed by atoms with Crippen LogP contribution in [0.1, 0.15) is 27.8 Å². The normalized spacial score (nSPS) is 19.8. The average Bonchev–Trinajstić information content (AvgIpc) is 2.42. The Kier molecular flexibility index (Phi) is 1.79. The maximum atomic E-state index is 11.1. The van der Waals surface area contributed by atoms with E-state index in [1.807, 2.05) is 0 Å². The van der Waals surface area contributed by atoms with Gasteiger partial charge in [0.1, 0.15) is 0 Å². The number of benzene rings is 1. The largest absolute Gasteiger partial charge is 0.428 e. The molecule has 13 heavy (non-hydrogen) atoms. The van der Waals surface area contributed by atoms with Gasteiger partial charge in [-0.15, -0.1) is 0 Å². The van der Waals surface area contributed by atoms with Crippen molar-refractivity contribution in [2.24, 2.45) is 0 Å². The van der Waals surface area contributed by atoms with Crippen molar-refractivity contribution in [1.82, 2.24) is 0 Å². The van der Waals surface area contributed by atoms with Gasteiger partial charge >= 0.3 is 5.97 Å². The number of aliphatic hydroxyl groups excluding tert-OH is 2. The molecule has 2 N–H and O–H groups in total. The molecular formula is C9H8O4. The van der Waals surface area contributed by atoms with Crippen molar-refractivity contribution in [3.8, 4) is 0 Å². The fourth-order valence-electron chi connectivity index (χ4n) is 1.32. The number of fused-ring (bicyclic) bond motifs is 1. The summed E-state index contributed by atoms with van der Waals surface area (Å²) in [6.07, 6.45) is -1.16. The van der Waals surface area contributed by atoms with E-state index in [0.717, 1.165) is 0 Å². The summed E-state index contributed by atoms with van der Waals surface area (Å²) in [4.78, 5) is 11.1. The lowest BCUT2D eigenvalue weighted by atomic mass is 10.1. The van der Waals surface area contributed by atoms with Crippen LogP contribution in [0.25, 0.3) is 0 Å². The van der Waals surface area contributed by atoms with E-state index < -0.39 is 12.3 Å². The lowest BCUT2D eigenvalue weighted by Crippen LogP contribution is -1.96. The quantitative estimate of drug-likeness (QED) is 0.611. The zero-order chi connectivity index (χ0) is 9.42. The Morgan fingerprint density at radius 3 is 2.92 bits per heavy atom. The minimum atomic E-state index is -1.16. The van der Waals surface area contributed by atoms with Crippen LogP contribution in [0.3, 0.4) is 0 Å². The highest BCUT2D eigenvalue weighted by Gasteiger charge is 2.29. The number of carbonyl (C=O) groups is 1. The number of carbonyl (C=O) groups excluding carboxylic acids is 1. The molecule has 1 aromatic rings. The molecule has 0 radical (unpaired) electrons. The lowest BCUT2D eigenvalue weighted by molar-refractivity contribution is -0.0547. The molecule has 2 rings (SSSR count). The monoisotopic (exact) mass is 180 g/mol. The number of rotatable bonds is 1. The van der Waals surface area contributed by atoms with Gasteiger partial charge in [-0.25, -0.2) is 4.79 Å². The third-order valence-electron chi connectivity index (χ3n) is 2.00. The van der Waals surface area contributed by atoms with Crippen molar-refractivity contribution in [1.29, 1.82) is 0 Å². The minimum absolute atomic E-state index is 0.128. The van der Waals surface area contributed by atoms with Crippen LogP contribution in [0.15, 0.2) is 18.2 Å². The highest BCUT2D eigenvalue weighted by molar-refractivity contribution is 5.93. The third kappa shape index (κ3) is 1.20. The average molecular weight is 180 g/mol. The summed E-state index contributed by atoms with van der Waals surface area (Å²) in [6.45, 7) is -0.128. The van der Waals surface area contributed by atoms with Crippen LogP contribution in [0.5, 0.6) is 0 Å². The van der Waals surface area contributed by atoms with E-state index in [-0.39, 0.29) is 6.61 Å². The van der Waals surface area contributed by atoms with Gasteiger partial charge in [-0.3, -0.25) is 0 Å². The Hall–Kier alpha value is -1.39. The fraction of sp³-hybridized carbons (Fsp3) is 0.222. The molecule has 1 unspecified atom stereocenters. The minimum Gasteiger partial charge on any atom is -0.428 e. The van der Waals surface area contributed by atoms with Gasteiger partial charge in [-0.1, -0.05) is 12.1 Å². The van der Waals surface area contributed by atoms with E-state index in [1.165, 1.54) is 6.07 Å². The lowest BCUT2D eigenvalue weighted by Gasteiger charge is -2.00. The Labute approximate surface area is 74.4 Å². The second kappa shape index (κ2) is 2.83. The Morgan fingerprint density at radius 1 is 1.46 bits per heavy atom. The van der Waals surface area contributed by atoms with Crippen molar-refractivity contribution in [3.05, 3.63) is 34.9 Å². The molecule has 1 heterocycles. The van der Waals surface area contributed by atoms with Crippen LogP contribution in [-0.2, 0) is 11.3 Å². The first-order valence-electron chi connectivity index (χ1n) is 3.85. The molecule has 0 saturated heterocycles. The number of hydrogen-bond donors (Lipinski definition) is 2. The predicted molar refractivity (Wildman–Crippen MR) is 42.7 cm³/mol. The van der Waals surface area contributed by atoms with Gasteiger partial charge < -0.3 is 14.9 Å². The van der Waals surface area contributed by atoms with Gasteiger partial charge in [-0.2, -0.15) is 0 Å². The predicted octanol–water partition coefficient (Wildman–Crippen LogP) is 0.340. The summed E-state index contributed by atoms with van der Waals surface area (Å²) in [5, 5.41) is 18.0. The molecule has 0 aromatic heterocycles. The van der Waals surface area contributed by atoms with Crippen LogP contribution >= 0.6 is 0 Å². The number of cyclic esters (lactones) is 1. The zero-order valence-electron chi connectivity index (χ0n) is 6.73. The molecule has 4 heteroatoms. The summed E-state index contributed by atoms with van der Waals surface area (Å²) >= 11 is 0. The third-order valence-corrected chi connectivity index (χ3v) is 2.00. The topological polar surface area (TPSA) is 66.8 Å². The maximum absolute atomic E-state index is 11.1. The highest BCUT2D eigenvalue weighted by atomic mass is 16.6.